The molecular formula is C22H30N4O2. The number of piperidine rings is 1. The summed E-state index contributed by atoms with van der Waals surface area (Å²) >= 11 is 0. The largest absolute Gasteiger partial charge is 0.424 e. The van der Waals surface area contributed by atoms with Gasteiger partial charge in [-0.25, -0.2) is 0 Å². The Kier molecular flexibility index (Phi) is 5.23. The fourth-order valence-corrected chi connectivity index (χ4v) is 4.75. The van der Waals surface area contributed by atoms with E-state index in [1.54, 1.807) is 0 Å². The molecule has 2 aliphatic heterocycles. The molecule has 2 aliphatic rings. The molecule has 28 heavy (non-hydrogen) atoms. The average molecular weight is 383 g/mol. The summed E-state index contributed by atoms with van der Waals surface area (Å²) in [6, 6.07) is 10.7. The van der Waals surface area contributed by atoms with Crippen molar-refractivity contribution in [3.63, 3.8) is 0 Å². The van der Waals surface area contributed by atoms with Gasteiger partial charge in [0.05, 0.1) is 6.04 Å². The molecule has 1 aromatic carbocycles. The minimum Gasteiger partial charge on any atom is -0.424 e. The summed E-state index contributed by atoms with van der Waals surface area (Å²) in [7, 11) is 0. The topological polar surface area (TPSA) is 62.5 Å². The number of likely N-dealkylation sites (tertiary alicyclic amines) is 2. The first kappa shape index (κ1) is 19.1. The van der Waals surface area contributed by atoms with Crippen molar-refractivity contribution in [2.75, 3.05) is 19.6 Å². The number of carbonyl (C=O) groups is 1. The van der Waals surface area contributed by atoms with Crippen molar-refractivity contribution in [3.05, 3.63) is 47.7 Å². The molecule has 1 spiro atoms. The molecule has 1 atom stereocenters. The maximum atomic E-state index is 12.4. The SMILES string of the molecule is Cc1nnc(C2CC3(CCN(C(=O)C(C)C)CC3)CN2Cc2ccccc2)o1. The van der Waals surface area contributed by atoms with Crippen molar-refractivity contribution < 1.29 is 9.21 Å². The zero-order chi connectivity index (χ0) is 19.7. The molecule has 0 saturated carbocycles. The molecule has 1 aromatic heterocycles. The van der Waals surface area contributed by atoms with Gasteiger partial charge in [-0.3, -0.25) is 9.69 Å². The van der Waals surface area contributed by atoms with Crippen molar-refractivity contribution in [1.29, 1.82) is 0 Å². The van der Waals surface area contributed by atoms with E-state index in [9.17, 15) is 4.79 Å². The smallest absolute Gasteiger partial charge is 0.233 e. The normalized spacial score (nSPS) is 22.3. The van der Waals surface area contributed by atoms with Gasteiger partial charge in [-0.1, -0.05) is 44.2 Å². The number of hydrogen-bond acceptors (Lipinski definition) is 5. The van der Waals surface area contributed by atoms with Crippen LogP contribution in [0, 0.1) is 18.3 Å². The molecule has 0 N–H and O–H groups in total. The van der Waals surface area contributed by atoms with Gasteiger partial charge in [0, 0.05) is 39.0 Å². The Morgan fingerprint density at radius 3 is 2.54 bits per heavy atom. The van der Waals surface area contributed by atoms with Crippen LogP contribution in [0.3, 0.4) is 0 Å². The second-order valence-electron chi connectivity index (χ2n) is 8.75. The van der Waals surface area contributed by atoms with Crippen LogP contribution in [-0.4, -0.2) is 45.5 Å². The minimum atomic E-state index is 0.0707. The predicted molar refractivity (Wildman–Crippen MR) is 106 cm³/mol. The lowest BCUT2D eigenvalue weighted by atomic mass is 9.76. The zero-order valence-electron chi connectivity index (χ0n) is 17.1. The van der Waals surface area contributed by atoms with Gasteiger partial charge < -0.3 is 9.32 Å². The highest BCUT2D eigenvalue weighted by Gasteiger charge is 2.48. The van der Waals surface area contributed by atoms with Gasteiger partial charge in [0.2, 0.25) is 17.7 Å². The Morgan fingerprint density at radius 1 is 1.21 bits per heavy atom. The number of hydrogen-bond donors (Lipinski definition) is 0. The highest BCUT2D eigenvalue weighted by Crippen LogP contribution is 2.49. The third-order valence-corrected chi connectivity index (χ3v) is 6.29. The summed E-state index contributed by atoms with van der Waals surface area (Å²) in [5.74, 6) is 1.69. The standard InChI is InChI=1S/C22H30N4O2/c1-16(2)21(27)25-11-9-22(10-12-25)13-19(20-24-23-17(3)28-20)26(15-22)14-18-7-5-4-6-8-18/h4-8,16,19H,9-15H2,1-3H3. The van der Waals surface area contributed by atoms with E-state index in [1.165, 1.54) is 5.56 Å². The first-order chi connectivity index (χ1) is 13.5. The molecule has 3 heterocycles. The maximum Gasteiger partial charge on any atom is 0.233 e. The molecule has 1 amide bonds. The van der Waals surface area contributed by atoms with E-state index >= 15 is 0 Å². The first-order valence-corrected chi connectivity index (χ1v) is 10.3. The van der Waals surface area contributed by atoms with Crippen LogP contribution in [0.2, 0.25) is 0 Å². The van der Waals surface area contributed by atoms with E-state index in [4.69, 9.17) is 4.42 Å². The lowest BCUT2D eigenvalue weighted by Crippen LogP contribution is -2.45. The van der Waals surface area contributed by atoms with Gasteiger partial charge in [0.1, 0.15) is 0 Å². The number of amides is 1. The second-order valence-corrected chi connectivity index (χ2v) is 8.75. The van der Waals surface area contributed by atoms with Crippen LogP contribution in [0.25, 0.3) is 0 Å². The van der Waals surface area contributed by atoms with Crippen LogP contribution in [0.4, 0.5) is 0 Å². The molecule has 2 aromatic rings. The molecule has 150 valence electrons. The number of nitrogens with zero attached hydrogens (tertiary/aromatic N) is 4. The van der Waals surface area contributed by atoms with Gasteiger partial charge >= 0.3 is 0 Å². The van der Waals surface area contributed by atoms with Gasteiger partial charge in [0.15, 0.2) is 0 Å². The molecule has 6 nitrogen and oxygen atoms in total. The molecule has 0 bridgehead atoms. The molecule has 4 rings (SSSR count). The molecular weight excluding hydrogens is 352 g/mol. The Morgan fingerprint density at radius 2 is 1.93 bits per heavy atom. The van der Waals surface area contributed by atoms with Crippen LogP contribution < -0.4 is 0 Å². The Hall–Kier alpha value is -2.21. The van der Waals surface area contributed by atoms with Crippen LogP contribution in [0.5, 0.6) is 0 Å². The average Bonchev–Trinajstić information content (AvgIpc) is 3.26. The van der Waals surface area contributed by atoms with Crippen LogP contribution in [-0.2, 0) is 11.3 Å². The number of carbonyl (C=O) groups excluding carboxylic acids is 1. The molecule has 2 fully saturated rings. The molecule has 0 radical (unpaired) electrons. The Balaban J connectivity index is 1.52. The van der Waals surface area contributed by atoms with Crippen molar-refractivity contribution in [1.82, 2.24) is 20.0 Å². The summed E-state index contributed by atoms with van der Waals surface area (Å²) in [6.07, 6.45) is 3.10. The quantitative estimate of drug-likeness (QED) is 0.809. The fourth-order valence-electron chi connectivity index (χ4n) is 4.75. The Labute approximate surface area is 166 Å². The monoisotopic (exact) mass is 382 g/mol. The summed E-state index contributed by atoms with van der Waals surface area (Å²) in [6.45, 7) is 9.41. The molecule has 6 heteroatoms. The number of benzene rings is 1. The molecule has 0 aliphatic carbocycles. The van der Waals surface area contributed by atoms with E-state index in [0.717, 1.165) is 51.3 Å². The van der Waals surface area contributed by atoms with Crippen molar-refractivity contribution in [2.45, 2.75) is 52.6 Å². The fraction of sp³-hybridized carbons (Fsp3) is 0.591. The van der Waals surface area contributed by atoms with Crippen molar-refractivity contribution in [3.8, 4) is 0 Å². The van der Waals surface area contributed by atoms with Crippen molar-refractivity contribution in [2.24, 2.45) is 11.3 Å². The minimum absolute atomic E-state index is 0.0707. The molecule has 2 saturated heterocycles. The van der Waals surface area contributed by atoms with Crippen LogP contribution >= 0.6 is 0 Å². The second kappa shape index (κ2) is 7.66. The van der Waals surface area contributed by atoms with E-state index < -0.39 is 0 Å². The third kappa shape index (κ3) is 3.83. The summed E-state index contributed by atoms with van der Waals surface area (Å²) < 4.78 is 5.83. The first-order valence-electron chi connectivity index (χ1n) is 10.3. The molecule has 1 unspecified atom stereocenters. The van der Waals surface area contributed by atoms with E-state index in [2.05, 4.69) is 45.4 Å². The highest BCUT2D eigenvalue weighted by molar-refractivity contribution is 5.78. The Bertz CT molecular complexity index is 809. The van der Waals surface area contributed by atoms with Gasteiger partial charge in [-0.2, -0.15) is 0 Å². The van der Waals surface area contributed by atoms with Crippen LogP contribution in [0.15, 0.2) is 34.7 Å². The van der Waals surface area contributed by atoms with Gasteiger partial charge in [-0.15, -0.1) is 10.2 Å². The van der Waals surface area contributed by atoms with Gasteiger partial charge in [-0.05, 0) is 30.2 Å². The number of aryl methyl sites for hydroxylation is 1. The number of aromatic nitrogens is 2. The number of rotatable bonds is 4. The van der Waals surface area contributed by atoms with E-state index in [-0.39, 0.29) is 23.3 Å². The van der Waals surface area contributed by atoms with Crippen molar-refractivity contribution >= 4 is 5.91 Å². The van der Waals surface area contributed by atoms with Gasteiger partial charge in [0.25, 0.3) is 0 Å². The lowest BCUT2D eigenvalue weighted by Gasteiger charge is -2.40. The summed E-state index contributed by atoms with van der Waals surface area (Å²) in [5.41, 5.74) is 1.52. The highest BCUT2D eigenvalue weighted by atomic mass is 16.4. The predicted octanol–water partition coefficient (Wildman–Crippen LogP) is 3.59. The lowest BCUT2D eigenvalue weighted by molar-refractivity contribution is -0.136. The third-order valence-electron chi connectivity index (χ3n) is 6.29. The van der Waals surface area contributed by atoms with E-state index in [0.29, 0.717) is 5.89 Å². The maximum absolute atomic E-state index is 12.4. The summed E-state index contributed by atoms with van der Waals surface area (Å²) in [4.78, 5) is 16.9. The summed E-state index contributed by atoms with van der Waals surface area (Å²) in [5, 5.41) is 8.41. The zero-order valence-corrected chi connectivity index (χ0v) is 17.1. The van der Waals surface area contributed by atoms with E-state index in [1.807, 2.05) is 25.7 Å². The van der Waals surface area contributed by atoms with Crippen LogP contribution in [0.1, 0.15) is 56.5 Å².